The molecule has 0 radical (unpaired) electrons. The molecule has 0 bridgehead atoms. The summed E-state index contributed by atoms with van der Waals surface area (Å²) in [4.78, 5) is 34.6. The van der Waals surface area contributed by atoms with Crippen molar-refractivity contribution in [2.45, 2.75) is 128 Å². The molecular formula is C24H48O9Si3. The average Bonchev–Trinajstić information content (AvgIpc) is 2.97. The molecule has 1 fully saturated rings. The van der Waals surface area contributed by atoms with Crippen LogP contribution in [0.25, 0.3) is 0 Å². The van der Waals surface area contributed by atoms with Gasteiger partial charge in [0.2, 0.25) is 11.9 Å². The lowest BCUT2D eigenvalue weighted by Gasteiger charge is -2.38. The van der Waals surface area contributed by atoms with E-state index in [1.54, 1.807) is 0 Å². The molecule has 1 aliphatic rings. The third-order valence-electron chi connectivity index (χ3n) is 5.59. The Bertz CT molecular complexity index is 703. The summed E-state index contributed by atoms with van der Waals surface area (Å²) in [6.45, 7) is 15.2. The summed E-state index contributed by atoms with van der Waals surface area (Å²) < 4.78 is 22.7. The van der Waals surface area contributed by atoms with Gasteiger partial charge in [-0.05, 0) is 58.3 Å². The van der Waals surface area contributed by atoms with Gasteiger partial charge in [0.1, 0.15) is 12.7 Å². The van der Waals surface area contributed by atoms with E-state index in [1.165, 1.54) is 19.3 Å². The Morgan fingerprint density at radius 3 is 1.78 bits per heavy atom. The third-order valence-corrected chi connectivity index (χ3v) is 15.2. The first kappa shape index (κ1) is 33.1. The molecule has 12 heteroatoms. The van der Waals surface area contributed by atoms with Crippen molar-refractivity contribution in [1.82, 2.24) is 0 Å². The highest BCUT2D eigenvalue weighted by molar-refractivity contribution is 6.87. The van der Waals surface area contributed by atoms with Gasteiger partial charge in [-0.2, -0.15) is 0 Å². The lowest BCUT2D eigenvalue weighted by molar-refractivity contribution is -0.156. The number of cyclic esters (lactones) is 1. The zero-order chi connectivity index (χ0) is 27.6. The second kappa shape index (κ2) is 14.9. The molecule has 3 unspecified atom stereocenters. The zero-order valence-corrected chi connectivity index (χ0v) is 26.3. The molecule has 9 nitrogen and oxygen atoms in total. The van der Waals surface area contributed by atoms with Crippen LogP contribution in [0, 0.1) is 0 Å². The Balaban J connectivity index is 2.11. The van der Waals surface area contributed by atoms with Crippen LogP contribution >= 0.6 is 0 Å². The normalized spacial score (nSPS) is 19.9. The van der Waals surface area contributed by atoms with Crippen molar-refractivity contribution in [2.75, 3.05) is 6.61 Å². The van der Waals surface area contributed by atoms with Gasteiger partial charge < -0.3 is 27.9 Å². The van der Waals surface area contributed by atoms with Crippen molar-refractivity contribution in [3.8, 4) is 0 Å². The Hall–Kier alpha value is -0.899. The summed E-state index contributed by atoms with van der Waals surface area (Å²) in [6, 6.07) is 1.05. The molecule has 36 heavy (non-hydrogen) atoms. The van der Waals surface area contributed by atoms with Crippen LogP contribution in [0.5, 0.6) is 0 Å². The first-order valence-corrected chi connectivity index (χ1v) is 22.5. The predicted octanol–water partition coefficient (Wildman–Crippen LogP) is 4.03. The van der Waals surface area contributed by atoms with Gasteiger partial charge in [0.25, 0.3) is 0 Å². The third kappa shape index (κ3) is 13.6. The summed E-state index contributed by atoms with van der Waals surface area (Å²) in [5.74, 6) is -2.48. The fraction of sp³-hybridized carbons (Fsp3) is 0.875. The van der Waals surface area contributed by atoms with Crippen LogP contribution < -0.4 is 0 Å². The molecule has 2 N–H and O–H groups in total. The van der Waals surface area contributed by atoms with Crippen molar-refractivity contribution >= 4 is 42.9 Å². The Kier molecular flexibility index (Phi) is 13.7. The molecule has 0 aliphatic carbocycles. The standard InChI is InChI=1S/C24H48O9Si3/c1-34(2,3)32-36(7,33-35(4,5)6)17-15-13-11-9-8-10-12-14-16-20(26)30-18-19(25)23-21(27)22(28)24(29)31-23/h19,22-23,25,28H,8-18H2,1-7H3. The maximum atomic E-state index is 11.8. The fourth-order valence-electron chi connectivity index (χ4n) is 4.32. The molecule has 0 saturated carbocycles. The average molecular weight is 565 g/mol. The largest absolute Gasteiger partial charge is 0.463 e. The van der Waals surface area contributed by atoms with E-state index in [0.717, 1.165) is 31.7 Å². The highest BCUT2D eigenvalue weighted by Crippen LogP contribution is 2.26. The highest BCUT2D eigenvalue weighted by atomic mass is 28.5. The molecule has 0 amide bonds. The number of Topliss-reactive ketones (excluding diaryl/α,β-unsaturated/α-hetero) is 1. The number of unbranched alkanes of at least 4 members (excludes halogenated alkanes) is 7. The molecule has 1 saturated heterocycles. The second-order valence-electron chi connectivity index (χ2n) is 11.8. The number of hydrogen-bond acceptors (Lipinski definition) is 9. The maximum absolute atomic E-state index is 11.8. The van der Waals surface area contributed by atoms with Gasteiger partial charge in [-0.15, -0.1) is 0 Å². The van der Waals surface area contributed by atoms with Gasteiger partial charge in [0, 0.05) is 6.42 Å². The molecule has 1 heterocycles. The van der Waals surface area contributed by atoms with Crippen molar-refractivity contribution in [3.05, 3.63) is 0 Å². The number of aliphatic hydroxyl groups is 2. The molecule has 0 aromatic rings. The number of ketones is 1. The minimum absolute atomic E-state index is 0.227. The molecule has 0 spiro atoms. The second-order valence-corrected chi connectivity index (χ2v) is 24.7. The van der Waals surface area contributed by atoms with Gasteiger partial charge >= 0.3 is 20.5 Å². The summed E-state index contributed by atoms with van der Waals surface area (Å²) >= 11 is 0. The minimum Gasteiger partial charge on any atom is -0.463 e. The Labute approximate surface area is 219 Å². The monoisotopic (exact) mass is 564 g/mol. The number of aliphatic hydroxyl groups excluding tert-OH is 2. The van der Waals surface area contributed by atoms with Gasteiger partial charge in [-0.1, -0.05) is 44.9 Å². The summed E-state index contributed by atoms with van der Waals surface area (Å²) in [7, 11) is -5.43. The van der Waals surface area contributed by atoms with Crippen molar-refractivity contribution in [1.29, 1.82) is 0 Å². The van der Waals surface area contributed by atoms with Crippen LogP contribution in [0.2, 0.25) is 51.9 Å². The number of carbonyl (C=O) groups excluding carboxylic acids is 3. The first-order valence-electron chi connectivity index (χ1n) is 13.2. The summed E-state index contributed by atoms with van der Waals surface area (Å²) in [5.41, 5.74) is 0. The SMILES string of the molecule is C[Si](C)(C)O[Si](C)(CCCCCCCCCCC(=O)OCC(O)C1OC(=O)C(O)C1=O)O[Si](C)(C)C. The van der Waals surface area contributed by atoms with E-state index < -0.39 is 67.8 Å². The number of ether oxygens (including phenoxy) is 2. The van der Waals surface area contributed by atoms with Gasteiger partial charge in [-0.3, -0.25) is 9.59 Å². The highest BCUT2D eigenvalue weighted by Gasteiger charge is 2.46. The van der Waals surface area contributed by atoms with Crippen LogP contribution in [0.1, 0.15) is 57.8 Å². The van der Waals surface area contributed by atoms with E-state index in [4.69, 9.17) is 13.0 Å². The molecule has 210 valence electrons. The topological polar surface area (TPSA) is 129 Å². The van der Waals surface area contributed by atoms with Crippen molar-refractivity contribution in [3.63, 3.8) is 0 Å². The van der Waals surface area contributed by atoms with Crippen LogP contribution in [0.4, 0.5) is 0 Å². The van der Waals surface area contributed by atoms with Crippen molar-refractivity contribution in [2.24, 2.45) is 0 Å². The summed E-state index contributed by atoms with van der Waals surface area (Å²) in [6.07, 6.45) is 3.82. The molecule has 3 atom stereocenters. The van der Waals surface area contributed by atoms with E-state index in [1.807, 2.05) is 0 Å². The van der Waals surface area contributed by atoms with Crippen LogP contribution in [-0.4, -0.2) is 78.0 Å². The Morgan fingerprint density at radius 1 is 0.861 bits per heavy atom. The predicted molar refractivity (Wildman–Crippen MR) is 145 cm³/mol. The van der Waals surface area contributed by atoms with E-state index in [0.29, 0.717) is 6.42 Å². The molecule has 1 rings (SSSR count). The van der Waals surface area contributed by atoms with Gasteiger partial charge in [-0.25, -0.2) is 4.79 Å². The van der Waals surface area contributed by atoms with Crippen molar-refractivity contribution < 1.29 is 42.3 Å². The van der Waals surface area contributed by atoms with E-state index in [-0.39, 0.29) is 6.42 Å². The fourth-order valence-corrected chi connectivity index (χ4v) is 16.9. The molecular weight excluding hydrogens is 517 g/mol. The van der Waals surface area contributed by atoms with Crippen LogP contribution in [-0.2, 0) is 32.1 Å². The smallest absolute Gasteiger partial charge is 0.343 e. The number of rotatable bonds is 18. The zero-order valence-electron chi connectivity index (χ0n) is 23.3. The molecule has 0 aromatic heterocycles. The Morgan fingerprint density at radius 2 is 1.33 bits per heavy atom. The van der Waals surface area contributed by atoms with E-state index in [2.05, 4.69) is 50.6 Å². The quantitative estimate of drug-likeness (QED) is 0.110. The lowest BCUT2D eigenvalue weighted by Crippen LogP contribution is -2.52. The van der Waals surface area contributed by atoms with E-state index in [9.17, 15) is 24.6 Å². The van der Waals surface area contributed by atoms with Gasteiger partial charge in [0.05, 0.1) is 0 Å². The van der Waals surface area contributed by atoms with E-state index >= 15 is 0 Å². The van der Waals surface area contributed by atoms with Crippen LogP contribution in [0.15, 0.2) is 0 Å². The number of esters is 2. The molecule has 1 aliphatic heterocycles. The van der Waals surface area contributed by atoms with Gasteiger partial charge in [0.15, 0.2) is 22.7 Å². The van der Waals surface area contributed by atoms with Crippen LogP contribution in [0.3, 0.4) is 0 Å². The number of hydrogen-bond donors (Lipinski definition) is 2. The number of carbonyl (C=O) groups is 3. The lowest BCUT2D eigenvalue weighted by atomic mass is 10.1. The minimum atomic E-state index is -2.13. The summed E-state index contributed by atoms with van der Waals surface area (Å²) in [5, 5.41) is 19.2. The maximum Gasteiger partial charge on any atom is 0.343 e. The molecule has 0 aromatic carbocycles. The first-order chi connectivity index (χ1) is 16.5.